The zero-order chi connectivity index (χ0) is 16.9. The van der Waals surface area contributed by atoms with Crippen molar-refractivity contribution in [1.29, 1.82) is 0 Å². The molecule has 6 nitrogen and oxygen atoms in total. The van der Waals surface area contributed by atoms with Crippen LogP contribution < -0.4 is 0 Å². The smallest absolute Gasteiger partial charge is 0.248 e. The Hall–Kier alpha value is -1.50. The Morgan fingerprint density at radius 1 is 1.46 bits per heavy atom. The molecule has 1 aliphatic heterocycles. The Labute approximate surface area is 143 Å². The van der Waals surface area contributed by atoms with Gasteiger partial charge >= 0.3 is 0 Å². The van der Waals surface area contributed by atoms with E-state index in [1.54, 1.807) is 19.0 Å². The molecule has 1 aromatic heterocycles. The summed E-state index contributed by atoms with van der Waals surface area (Å²) in [5.74, 6) is 0.476. The highest BCUT2D eigenvalue weighted by atomic mass is 16.5. The van der Waals surface area contributed by atoms with Gasteiger partial charge in [-0.2, -0.15) is 0 Å². The van der Waals surface area contributed by atoms with Crippen LogP contribution >= 0.6 is 0 Å². The number of morpholine rings is 1. The van der Waals surface area contributed by atoms with Crippen molar-refractivity contribution in [2.75, 3.05) is 40.5 Å². The Morgan fingerprint density at radius 2 is 2.33 bits per heavy atom. The number of rotatable bonds is 6. The lowest BCUT2D eigenvalue weighted by atomic mass is 10.1. The number of likely N-dealkylation sites (N-methyl/N-ethyl adjacent to an activating group) is 1. The van der Waals surface area contributed by atoms with Crippen molar-refractivity contribution in [3.8, 4) is 0 Å². The van der Waals surface area contributed by atoms with Crippen molar-refractivity contribution in [3.63, 3.8) is 0 Å². The van der Waals surface area contributed by atoms with E-state index in [0.717, 1.165) is 32.5 Å². The van der Waals surface area contributed by atoms with Gasteiger partial charge in [0.25, 0.3) is 0 Å². The summed E-state index contributed by atoms with van der Waals surface area (Å²) in [6.45, 7) is 3.47. The number of hydrogen-bond acceptors (Lipinski definition) is 5. The number of carbonyl (C=O) groups is 1. The van der Waals surface area contributed by atoms with Gasteiger partial charge in [0.05, 0.1) is 19.3 Å². The maximum atomic E-state index is 11.6. The monoisotopic (exact) mass is 333 g/mol. The normalized spacial score (nSPS) is 27.0. The van der Waals surface area contributed by atoms with Crippen LogP contribution in [0.5, 0.6) is 0 Å². The quantitative estimate of drug-likeness (QED) is 0.782. The summed E-state index contributed by atoms with van der Waals surface area (Å²) in [7, 11) is 3.50. The fourth-order valence-corrected chi connectivity index (χ4v) is 3.63. The van der Waals surface area contributed by atoms with Gasteiger partial charge in [0.2, 0.25) is 5.91 Å². The van der Waals surface area contributed by atoms with Gasteiger partial charge in [-0.3, -0.25) is 14.7 Å². The van der Waals surface area contributed by atoms with E-state index in [1.807, 2.05) is 18.5 Å². The van der Waals surface area contributed by atoms with E-state index in [2.05, 4.69) is 16.0 Å². The third kappa shape index (κ3) is 4.32. The Kier molecular flexibility index (Phi) is 5.81. The van der Waals surface area contributed by atoms with Gasteiger partial charge in [-0.1, -0.05) is 6.07 Å². The minimum atomic E-state index is 0.0138. The molecular weight excluding hydrogens is 306 g/mol. The van der Waals surface area contributed by atoms with E-state index in [4.69, 9.17) is 9.47 Å². The third-order valence-electron chi connectivity index (χ3n) is 4.94. The molecule has 6 heteroatoms. The van der Waals surface area contributed by atoms with Crippen LogP contribution in [-0.4, -0.2) is 73.3 Å². The molecule has 0 aromatic carbocycles. The van der Waals surface area contributed by atoms with Crippen LogP contribution in [0.25, 0.3) is 0 Å². The van der Waals surface area contributed by atoms with E-state index in [-0.39, 0.29) is 18.6 Å². The van der Waals surface area contributed by atoms with Crippen LogP contribution in [-0.2, 0) is 20.8 Å². The van der Waals surface area contributed by atoms with Crippen molar-refractivity contribution in [2.24, 2.45) is 5.92 Å². The number of nitrogens with zero attached hydrogens (tertiary/aromatic N) is 3. The molecule has 1 aromatic rings. The van der Waals surface area contributed by atoms with Gasteiger partial charge in [-0.05, 0) is 30.4 Å². The molecular formula is C18H27N3O3. The maximum absolute atomic E-state index is 11.6. The molecule has 0 spiro atoms. The first-order chi connectivity index (χ1) is 11.6. The molecule has 1 amide bonds. The summed E-state index contributed by atoms with van der Waals surface area (Å²) >= 11 is 0. The molecule has 132 valence electrons. The minimum Gasteiger partial charge on any atom is -0.375 e. The van der Waals surface area contributed by atoms with Crippen molar-refractivity contribution >= 4 is 5.91 Å². The molecule has 1 saturated heterocycles. The molecule has 0 N–H and O–H groups in total. The van der Waals surface area contributed by atoms with Crippen molar-refractivity contribution in [2.45, 2.75) is 31.5 Å². The Balaban J connectivity index is 1.50. The van der Waals surface area contributed by atoms with Gasteiger partial charge in [0, 0.05) is 45.6 Å². The van der Waals surface area contributed by atoms with Gasteiger partial charge in [0.15, 0.2) is 0 Å². The summed E-state index contributed by atoms with van der Waals surface area (Å²) < 4.78 is 11.6. The van der Waals surface area contributed by atoms with Crippen LogP contribution in [0, 0.1) is 5.92 Å². The van der Waals surface area contributed by atoms with Crippen LogP contribution in [0.15, 0.2) is 24.5 Å². The number of ether oxygens (including phenoxy) is 2. The van der Waals surface area contributed by atoms with Gasteiger partial charge in [-0.15, -0.1) is 0 Å². The van der Waals surface area contributed by atoms with Gasteiger partial charge < -0.3 is 14.4 Å². The zero-order valence-corrected chi connectivity index (χ0v) is 14.6. The fraction of sp³-hybridized carbons (Fsp3) is 0.667. The van der Waals surface area contributed by atoms with E-state index in [1.165, 1.54) is 5.56 Å². The first kappa shape index (κ1) is 17.3. The molecule has 1 saturated carbocycles. The number of aromatic nitrogens is 1. The number of amides is 1. The Morgan fingerprint density at radius 3 is 3.08 bits per heavy atom. The third-order valence-corrected chi connectivity index (χ3v) is 4.94. The van der Waals surface area contributed by atoms with Crippen molar-refractivity contribution < 1.29 is 14.3 Å². The van der Waals surface area contributed by atoms with Crippen LogP contribution in [0.4, 0.5) is 0 Å². The van der Waals surface area contributed by atoms with E-state index in [9.17, 15) is 4.79 Å². The van der Waals surface area contributed by atoms with Crippen LogP contribution in [0.3, 0.4) is 0 Å². The summed E-state index contributed by atoms with van der Waals surface area (Å²) in [6.07, 6.45) is 6.12. The SMILES string of the molecule is CN(C)C(=O)COC[C@H]1C[C@@H]2OCCN(Cc3cccnc3)[C@H]2C1. The molecule has 3 rings (SSSR count). The van der Waals surface area contributed by atoms with E-state index < -0.39 is 0 Å². The topological polar surface area (TPSA) is 54.9 Å². The summed E-state index contributed by atoms with van der Waals surface area (Å²) in [6, 6.07) is 4.55. The molecule has 2 aliphatic rings. The summed E-state index contributed by atoms with van der Waals surface area (Å²) in [4.78, 5) is 19.9. The lowest BCUT2D eigenvalue weighted by Gasteiger charge is -2.37. The average molecular weight is 333 g/mol. The fourth-order valence-electron chi connectivity index (χ4n) is 3.63. The molecule has 1 aliphatic carbocycles. The molecule has 2 fully saturated rings. The molecule has 2 heterocycles. The van der Waals surface area contributed by atoms with Crippen LogP contribution in [0.2, 0.25) is 0 Å². The number of pyridine rings is 1. The molecule has 0 radical (unpaired) electrons. The Bertz CT molecular complexity index is 538. The first-order valence-electron chi connectivity index (χ1n) is 8.66. The number of hydrogen-bond donors (Lipinski definition) is 0. The molecule has 0 unspecified atom stereocenters. The van der Waals surface area contributed by atoms with Gasteiger partial charge in [0.1, 0.15) is 6.61 Å². The highest BCUT2D eigenvalue weighted by Gasteiger charge is 2.40. The second-order valence-electron chi connectivity index (χ2n) is 6.95. The second-order valence-corrected chi connectivity index (χ2v) is 6.95. The predicted octanol–water partition coefficient (Wildman–Crippen LogP) is 1.17. The summed E-state index contributed by atoms with van der Waals surface area (Å²) in [5.41, 5.74) is 1.24. The van der Waals surface area contributed by atoms with E-state index in [0.29, 0.717) is 18.6 Å². The second kappa shape index (κ2) is 8.05. The first-order valence-corrected chi connectivity index (χ1v) is 8.66. The minimum absolute atomic E-state index is 0.0138. The summed E-state index contributed by atoms with van der Waals surface area (Å²) in [5, 5.41) is 0. The predicted molar refractivity (Wildman–Crippen MR) is 90.4 cm³/mol. The standard InChI is InChI=1S/C18H27N3O3/c1-20(2)18(22)13-23-12-15-8-16-17(9-15)24-7-6-21(16)11-14-4-3-5-19-10-14/h3-5,10,15-17H,6-9,11-13H2,1-2H3/t15-,16+,17+/m1/s1. The lowest BCUT2D eigenvalue weighted by molar-refractivity contribution is -0.134. The highest BCUT2D eigenvalue weighted by molar-refractivity contribution is 5.76. The van der Waals surface area contributed by atoms with Crippen molar-refractivity contribution in [3.05, 3.63) is 30.1 Å². The van der Waals surface area contributed by atoms with Crippen molar-refractivity contribution in [1.82, 2.24) is 14.8 Å². The number of fused-ring (bicyclic) bond motifs is 1. The zero-order valence-electron chi connectivity index (χ0n) is 14.6. The van der Waals surface area contributed by atoms with Gasteiger partial charge in [-0.25, -0.2) is 0 Å². The van der Waals surface area contributed by atoms with Crippen LogP contribution in [0.1, 0.15) is 18.4 Å². The highest BCUT2D eigenvalue weighted by Crippen LogP contribution is 2.35. The number of carbonyl (C=O) groups excluding carboxylic acids is 1. The molecule has 0 bridgehead atoms. The lowest BCUT2D eigenvalue weighted by Crippen LogP contribution is -2.47. The molecule has 3 atom stereocenters. The van der Waals surface area contributed by atoms with E-state index >= 15 is 0 Å². The average Bonchev–Trinajstić information content (AvgIpc) is 2.99. The molecule has 24 heavy (non-hydrogen) atoms. The maximum Gasteiger partial charge on any atom is 0.248 e. The largest absolute Gasteiger partial charge is 0.375 e.